The Balaban J connectivity index is 2.00. The van der Waals surface area contributed by atoms with Crippen LogP contribution in [0.5, 0.6) is 0 Å². The zero-order chi connectivity index (χ0) is 13.0. The van der Waals surface area contributed by atoms with E-state index in [1.807, 2.05) is 0 Å². The van der Waals surface area contributed by atoms with Crippen LogP contribution < -0.4 is 0 Å². The number of hydrogen-bond acceptors (Lipinski definition) is 3. The molecule has 0 unspecified atom stereocenters. The third kappa shape index (κ3) is 1.38. The van der Waals surface area contributed by atoms with Crippen LogP contribution in [0.1, 0.15) is 33.6 Å². The number of aliphatic hydroxyl groups excluding tert-OH is 1. The highest BCUT2D eigenvalue weighted by molar-refractivity contribution is 6.21. The maximum absolute atomic E-state index is 13.1. The first-order valence-corrected chi connectivity index (χ1v) is 5.54. The van der Waals surface area contributed by atoms with Crippen LogP contribution in [-0.2, 0) is 0 Å². The Morgan fingerprint density at radius 3 is 1.89 bits per heavy atom. The Bertz CT molecular complexity index is 526. The minimum Gasteiger partial charge on any atom is -0.393 e. The average molecular weight is 253 g/mol. The molecule has 0 spiro atoms. The van der Waals surface area contributed by atoms with Gasteiger partial charge in [-0.15, -0.1) is 0 Å². The lowest BCUT2D eigenvalue weighted by Crippen LogP contribution is -2.49. The maximum Gasteiger partial charge on any atom is 0.261 e. The molecule has 6 heteroatoms. The van der Waals surface area contributed by atoms with Crippen LogP contribution in [0, 0.1) is 11.6 Å². The van der Waals surface area contributed by atoms with E-state index in [2.05, 4.69) is 0 Å². The molecule has 1 aliphatic heterocycles. The molecular formula is C12H9F2NO3. The highest BCUT2D eigenvalue weighted by Crippen LogP contribution is 2.33. The van der Waals surface area contributed by atoms with Crippen molar-refractivity contribution in [3.8, 4) is 0 Å². The van der Waals surface area contributed by atoms with Gasteiger partial charge in [-0.1, -0.05) is 0 Å². The smallest absolute Gasteiger partial charge is 0.261 e. The topological polar surface area (TPSA) is 57.6 Å². The quantitative estimate of drug-likeness (QED) is 0.762. The third-order valence-corrected chi connectivity index (χ3v) is 3.41. The van der Waals surface area contributed by atoms with E-state index in [-0.39, 0.29) is 17.2 Å². The second-order valence-electron chi connectivity index (χ2n) is 4.57. The molecule has 0 aromatic heterocycles. The number of carbonyl (C=O) groups excluding carboxylic acids is 2. The molecule has 1 aromatic carbocycles. The lowest BCUT2D eigenvalue weighted by atomic mass is 9.88. The first-order valence-electron chi connectivity index (χ1n) is 5.54. The fraction of sp³-hybridized carbons (Fsp3) is 0.333. The summed E-state index contributed by atoms with van der Waals surface area (Å²) in [6, 6.07) is 1.12. The lowest BCUT2D eigenvalue weighted by molar-refractivity contribution is 0.0100. The summed E-state index contributed by atoms with van der Waals surface area (Å²) in [6.07, 6.45) is 0.111. The van der Waals surface area contributed by atoms with Crippen molar-refractivity contribution in [3.63, 3.8) is 0 Å². The monoisotopic (exact) mass is 253 g/mol. The molecule has 3 rings (SSSR count). The molecule has 94 valence electrons. The minimum atomic E-state index is -1.15. The number of fused-ring (bicyclic) bond motifs is 1. The van der Waals surface area contributed by atoms with Crippen molar-refractivity contribution in [1.29, 1.82) is 0 Å². The van der Waals surface area contributed by atoms with Gasteiger partial charge in [0.15, 0.2) is 11.6 Å². The summed E-state index contributed by atoms with van der Waals surface area (Å²) in [5.74, 6) is -3.53. The van der Waals surface area contributed by atoms with E-state index in [0.717, 1.165) is 17.0 Å². The van der Waals surface area contributed by atoms with Crippen LogP contribution in [0.25, 0.3) is 0 Å². The molecule has 2 aliphatic rings. The third-order valence-electron chi connectivity index (χ3n) is 3.41. The normalized spacial score (nSPS) is 26.3. The van der Waals surface area contributed by atoms with Gasteiger partial charge in [0.25, 0.3) is 11.8 Å². The van der Waals surface area contributed by atoms with Crippen molar-refractivity contribution < 1.29 is 23.5 Å². The van der Waals surface area contributed by atoms with Crippen molar-refractivity contribution in [3.05, 3.63) is 34.9 Å². The lowest BCUT2D eigenvalue weighted by Gasteiger charge is -2.36. The molecule has 1 N–H and O–H groups in total. The zero-order valence-electron chi connectivity index (χ0n) is 9.19. The molecule has 1 heterocycles. The summed E-state index contributed by atoms with van der Waals surface area (Å²) in [6.45, 7) is 0. The molecule has 0 bridgehead atoms. The summed E-state index contributed by atoms with van der Waals surface area (Å²) < 4.78 is 26.1. The summed E-state index contributed by atoms with van der Waals surface area (Å²) in [5.41, 5.74) is -0.222. The standard InChI is InChI=1S/C12H9F2NO3/c13-9-3-7-8(4-10(9)14)12(18)15(11(7)17)5-1-6(16)2-5/h3-6,16H,1-2H2. The number of imide groups is 1. The van der Waals surface area contributed by atoms with E-state index < -0.39 is 29.6 Å². The highest BCUT2D eigenvalue weighted by atomic mass is 19.2. The van der Waals surface area contributed by atoms with Gasteiger partial charge < -0.3 is 5.11 Å². The first kappa shape index (κ1) is 11.3. The summed E-state index contributed by atoms with van der Waals surface area (Å²) in [5, 5.41) is 9.19. The van der Waals surface area contributed by atoms with Gasteiger partial charge in [0.1, 0.15) is 0 Å². The first-order chi connectivity index (χ1) is 8.49. The van der Waals surface area contributed by atoms with E-state index in [9.17, 15) is 23.5 Å². The van der Waals surface area contributed by atoms with Crippen molar-refractivity contribution in [2.45, 2.75) is 25.0 Å². The van der Waals surface area contributed by atoms with E-state index in [1.54, 1.807) is 0 Å². The molecule has 1 saturated carbocycles. The number of amides is 2. The van der Waals surface area contributed by atoms with Crippen molar-refractivity contribution >= 4 is 11.8 Å². The van der Waals surface area contributed by atoms with E-state index in [4.69, 9.17) is 0 Å². The van der Waals surface area contributed by atoms with Gasteiger partial charge in [-0.2, -0.15) is 0 Å². The Morgan fingerprint density at radius 2 is 1.50 bits per heavy atom. The predicted octanol–water partition coefficient (Wildman–Crippen LogP) is 1.08. The van der Waals surface area contributed by atoms with Crippen LogP contribution in [0.4, 0.5) is 8.78 Å². The van der Waals surface area contributed by atoms with Gasteiger partial charge in [0, 0.05) is 6.04 Å². The summed E-state index contributed by atoms with van der Waals surface area (Å²) >= 11 is 0. The minimum absolute atomic E-state index is 0.111. The number of halogens is 2. The largest absolute Gasteiger partial charge is 0.393 e. The SMILES string of the molecule is O=C1c2cc(F)c(F)cc2C(=O)N1C1CC(O)C1. The molecule has 1 aliphatic carbocycles. The Kier molecular flexibility index (Phi) is 2.25. The summed E-state index contributed by atoms with van der Waals surface area (Å²) in [7, 11) is 0. The van der Waals surface area contributed by atoms with Gasteiger partial charge in [0.2, 0.25) is 0 Å². The maximum atomic E-state index is 13.1. The number of aliphatic hydroxyl groups is 1. The number of benzene rings is 1. The van der Waals surface area contributed by atoms with Gasteiger partial charge in [0.05, 0.1) is 17.2 Å². The van der Waals surface area contributed by atoms with Crippen LogP contribution in [0.3, 0.4) is 0 Å². The average Bonchev–Trinajstić information content (AvgIpc) is 2.50. The molecular weight excluding hydrogens is 244 g/mol. The van der Waals surface area contributed by atoms with E-state index in [0.29, 0.717) is 12.8 Å². The second-order valence-corrected chi connectivity index (χ2v) is 4.57. The van der Waals surface area contributed by atoms with Crippen LogP contribution in [-0.4, -0.2) is 34.0 Å². The Hall–Kier alpha value is -1.82. The number of carbonyl (C=O) groups is 2. The molecule has 18 heavy (non-hydrogen) atoms. The number of nitrogens with zero attached hydrogens (tertiary/aromatic N) is 1. The Labute approximate surface area is 101 Å². The molecule has 0 radical (unpaired) electrons. The molecule has 4 nitrogen and oxygen atoms in total. The van der Waals surface area contributed by atoms with E-state index in [1.165, 1.54) is 0 Å². The molecule has 0 saturated heterocycles. The van der Waals surface area contributed by atoms with Gasteiger partial charge in [-0.25, -0.2) is 8.78 Å². The van der Waals surface area contributed by atoms with Gasteiger partial charge in [-0.3, -0.25) is 14.5 Å². The second kappa shape index (κ2) is 3.58. The zero-order valence-corrected chi connectivity index (χ0v) is 9.19. The van der Waals surface area contributed by atoms with Crippen LogP contribution >= 0.6 is 0 Å². The highest BCUT2D eigenvalue weighted by Gasteiger charge is 2.45. The van der Waals surface area contributed by atoms with Crippen molar-refractivity contribution in [2.75, 3.05) is 0 Å². The van der Waals surface area contributed by atoms with Gasteiger partial charge in [-0.05, 0) is 25.0 Å². The predicted molar refractivity (Wildman–Crippen MR) is 55.9 cm³/mol. The van der Waals surface area contributed by atoms with E-state index >= 15 is 0 Å². The Morgan fingerprint density at radius 1 is 1.06 bits per heavy atom. The molecule has 2 amide bonds. The van der Waals surface area contributed by atoms with Crippen LogP contribution in [0.15, 0.2) is 12.1 Å². The van der Waals surface area contributed by atoms with Crippen molar-refractivity contribution in [2.24, 2.45) is 0 Å². The molecule has 0 atom stereocenters. The van der Waals surface area contributed by atoms with Gasteiger partial charge >= 0.3 is 0 Å². The number of hydrogen-bond donors (Lipinski definition) is 1. The summed E-state index contributed by atoms with van der Waals surface area (Å²) in [4.78, 5) is 24.9. The molecule has 1 fully saturated rings. The molecule has 1 aromatic rings. The van der Waals surface area contributed by atoms with Crippen LogP contribution in [0.2, 0.25) is 0 Å². The fourth-order valence-corrected chi connectivity index (χ4v) is 2.35. The number of rotatable bonds is 1. The fourth-order valence-electron chi connectivity index (χ4n) is 2.35. The van der Waals surface area contributed by atoms with Crippen molar-refractivity contribution in [1.82, 2.24) is 4.90 Å².